The molecule has 0 radical (unpaired) electrons. The molecule has 0 aliphatic carbocycles. The second kappa shape index (κ2) is 8.55. The Morgan fingerprint density at radius 1 is 1.12 bits per heavy atom. The standard InChI is InChI=1S/C19H26N2O4/c1-19(2,3)25-18(23)21-11-6-4-5-7-17(22)24-15-8-9-16-14(13-15)10-12-20-16/h8-10,12-13,20H,4-7,11H2,1-3H3,(H,21,23). The number of fused-ring (bicyclic) bond motifs is 1. The third kappa shape index (κ3) is 6.87. The molecule has 2 rings (SSSR count). The van der Waals surface area contributed by atoms with Crippen molar-refractivity contribution in [1.82, 2.24) is 10.3 Å². The van der Waals surface area contributed by atoms with Crippen molar-refractivity contribution in [3.05, 3.63) is 30.5 Å². The Balaban J connectivity index is 1.58. The second-order valence-corrected chi connectivity index (χ2v) is 6.94. The molecule has 0 saturated carbocycles. The summed E-state index contributed by atoms with van der Waals surface area (Å²) in [4.78, 5) is 26.4. The van der Waals surface area contributed by atoms with Gasteiger partial charge in [0, 0.05) is 30.1 Å². The van der Waals surface area contributed by atoms with Crippen LogP contribution in [0.15, 0.2) is 30.5 Å². The van der Waals surface area contributed by atoms with E-state index in [2.05, 4.69) is 10.3 Å². The third-order valence-corrected chi connectivity index (χ3v) is 3.48. The van der Waals surface area contributed by atoms with Crippen LogP contribution in [0.4, 0.5) is 4.79 Å². The van der Waals surface area contributed by atoms with Gasteiger partial charge in [0.05, 0.1) is 0 Å². The number of amides is 1. The lowest BCUT2D eigenvalue weighted by Crippen LogP contribution is -2.33. The largest absolute Gasteiger partial charge is 0.444 e. The van der Waals surface area contributed by atoms with Crippen LogP contribution in [0.5, 0.6) is 5.75 Å². The molecule has 6 heteroatoms. The van der Waals surface area contributed by atoms with Crippen LogP contribution < -0.4 is 10.1 Å². The minimum atomic E-state index is -0.489. The first-order chi connectivity index (χ1) is 11.8. The van der Waals surface area contributed by atoms with Gasteiger partial charge < -0.3 is 19.8 Å². The molecule has 0 unspecified atom stereocenters. The van der Waals surface area contributed by atoms with Gasteiger partial charge in [0.15, 0.2) is 0 Å². The van der Waals surface area contributed by atoms with E-state index in [1.54, 1.807) is 6.07 Å². The van der Waals surface area contributed by atoms with E-state index in [1.807, 2.05) is 45.2 Å². The van der Waals surface area contributed by atoms with Gasteiger partial charge in [-0.15, -0.1) is 0 Å². The summed E-state index contributed by atoms with van der Waals surface area (Å²) in [5, 5.41) is 3.71. The summed E-state index contributed by atoms with van der Waals surface area (Å²) in [6.45, 7) is 6.01. The molecule has 2 N–H and O–H groups in total. The monoisotopic (exact) mass is 346 g/mol. The minimum Gasteiger partial charge on any atom is -0.444 e. The van der Waals surface area contributed by atoms with E-state index in [-0.39, 0.29) is 5.97 Å². The zero-order valence-electron chi connectivity index (χ0n) is 15.1. The average Bonchev–Trinajstić information content (AvgIpc) is 2.96. The predicted octanol–water partition coefficient (Wildman–Crippen LogP) is 4.16. The maximum absolute atomic E-state index is 11.9. The number of carbonyl (C=O) groups excluding carboxylic acids is 2. The molecule has 1 aromatic carbocycles. The molecular formula is C19H26N2O4. The van der Waals surface area contributed by atoms with Crippen LogP contribution in [0.3, 0.4) is 0 Å². The summed E-state index contributed by atoms with van der Waals surface area (Å²) in [6.07, 6.45) is 4.15. The molecule has 0 atom stereocenters. The van der Waals surface area contributed by atoms with Crippen molar-refractivity contribution < 1.29 is 19.1 Å². The molecule has 136 valence electrons. The lowest BCUT2D eigenvalue weighted by molar-refractivity contribution is -0.134. The summed E-state index contributed by atoms with van der Waals surface area (Å²) in [5.41, 5.74) is 0.523. The van der Waals surface area contributed by atoms with E-state index < -0.39 is 11.7 Å². The van der Waals surface area contributed by atoms with Crippen molar-refractivity contribution in [1.29, 1.82) is 0 Å². The number of hydrogen-bond donors (Lipinski definition) is 2. The molecule has 1 heterocycles. The fourth-order valence-corrected chi connectivity index (χ4v) is 2.35. The number of benzene rings is 1. The summed E-state index contributed by atoms with van der Waals surface area (Å²) in [7, 11) is 0. The van der Waals surface area contributed by atoms with Gasteiger partial charge in [0.1, 0.15) is 11.4 Å². The SMILES string of the molecule is CC(C)(C)OC(=O)NCCCCCC(=O)Oc1ccc2[nH]ccc2c1. The Bertz CT molecular complexity index is 716. The van der Waals surface area contributed by atoms with E-state index in [4.69, 9.17) is 9.47 Å². The van der Waals surface area contributed by atoms with Crippen LogP contribution in [0.2, 0.25) is 0 Å². The maximum atomic E-state index is 11.9. The van der Waals surface area contributed by atoms with E-state index in [0.29, 0.717) is 18.7 Å². The number of hydrogen-bond acceptors (Lipinski definition) is 4. The Labute approximate surface area is 147 Å². The van der Waals surface area contributed by atoms with Crippen molar-refractivity contribution in [2.24, 2.45) is 0 Å². The highest BCUT2D eigenvalue weighted by Crippen LogP contribution is 2.20. The lowest BCUT2D eigenvalue weighted by Gasteiger charge is -2.19. The summed E-state index contributed by atoms with van der Waals surface area (Å²) >= 11 is 0. The molecule has 2 aromatic rings. The Morgan fingerprint density at radius 3 is 2.68 bits per heavy atom. The van der Waals surface area contributed by atoms with Crippen LogP contribution in [0.25, 0.3) is 10.9 Å². The highest BCUT2D eigenvalue weighted by Gasteiger charge is 2.15. The van der Waals surface area contributed by atoms with Crippen molar-refractivity contribution in [2.75, 3.05) is 6.54 Å². The normalized spacial score (nSPS) is 11.3. The zero-order valence-corrected chi connectivity index (χ0v) is 15.1. The fourth-order valence-electron chi connectivity index (χ4n) is 2.35. The van der Waals surface area contributed by atoms with Gasteiger partial charge in [0.2, 0.25) is 0 Å². The first-order valence-electron chi connectivity index (χ1n) is 8.58. The van der Waals surface area contributed by atoms with Crippen LogP contribution in [-0.2, 0) is 9.53 Å². The smallest absolute Gasteiger partial charge is 0.407 e. The summed E-state index contributed by atoms with van der Waals surface area (Å²) in [6, 6.07) is 7.45. The summed E-state index contributed by atoms with van der Waals surface area (Å²) < 4.78 is 10.5. The highest BCUT2D eigenvalue weighted by molar-refractivity contribution is 5.82. The molecule has 0 aliphatic rings. The molecule has 0 fully saturated rings. The molecule has 0 aliphatic heterocycles. The number of carbonyl (C=O) groups is 2. The van der Waals surface area contributed by atoms with Crippen molar-refractivity contribution in [3.8, 4) is 5.75 Å². The molecular weight excluding hydrogens is 320 g/mol. The quantitative estimate of drug-likeness (QED) is 0.448. The Kier molecular flexibility index (Phi) is 6.44. The second-order valence-electron chi connectivity index (χ2n) is 6.94. The number of aromatic amines is 1. The number of esters is 1. The number of nitrogens with one attached hydrogen (secondary N) is 2. The van der Waals surface area contributed by atoms with Gasteiger partial charge in [-0.05, 0) is 57.9 Å². The van der Waals surface area contributed by atoms with Crippen molar-refractivity contribution >= 4 is 23.0 Å². The number of ether oxygens (including phenoxy) is 2. The number of aromatic nitrogens is 1. The molecule has 25 heavy (non-hydrogen) atoms. The Morgan fingerprint density at radius 2 is 1.92 bits per heavy atom. The number of H-pyrrole nitrogens is 1. The van der Waals surface area contributed by atoms with Crippen LogP contribution in [0.1, 0.15) is 46.5 Å². The maximum Gasteiger partial charge on any atom is 0.407 e. The van der Waals surface area contributed by atoms with Crippen molar-refractivity contribution in [2.45, 2.75) is 52.1 Å². The predicted molar refractivity (Wildman–Crippen MR) is 96.6 cm³/mol. The van der Waals surface area contributed by atoms with Crippen LogP contribution in [0, 0.1) is 0 Å². The van der Waals surface area contributed by atoms with Gasteiger partial charge in [-0.3, -0.25) is 4.79 Å². The van der Waals surface area contributed by atoms with Gasteiger partial charge in [-0.25, -0.2) is 4.79 Å². The van der Waals surface area contributed by atoms with Gasteiger partial charge in [-0.2, -0.15) is 0 Å². The topological polar surface area (TPSA) is 80.4 Å². The zero-order chi connectivity index (χ0) is 18.3. The molecule has 6 nitrogen and oxygen atoms in total. The summed E-state index contributed by atoms with van der Waals surface area (Å²) in [5.74, 6) is 0.318. The molecule has 0 spiro atoms. The average molecular weight is 346 g/mol. The number of rotatable bonds is 7. The van der Waals surface area contributed by atoms with Crippen LogP contribution >= 0.6 is 0 Å². The van der Waals surface area contributed by atoms with Crippen molar-refractivity contribution in [3.63, 3.8) is 0 Å². The lowest BCUT2D eigenvalue weighted by atomic mass is 10.2. The van der Waals surface area contributed by atoms with Gasteiger partial charge in [-0.1, -0.05) is 6.42 Å². The van der Waals surface area contributed by atoms with Gasteiger partial charge in [0.25, 0.3) is 0 Å². The number of alkyl carbamates (subject to hydrolysis) is 1. The molecule has 1 aromatic heterocycles. The Hall–Kier alpha value is -2.50. The van der Waals surface area contributed by atoms with E-state index in [1.165, 1.54) is 0 Å². The van der Waals surface area contributed by atoms with E-state index in [9.17, 15) is 9.59 Å². The van der Waals surface area contributed by atoms with E-state index in [0.717, 1.165) is 30.2 Å². The third-order valence-electron chi connectivity index (χ3n) is 3.48. The van der Waals surface area contributed by atoms with Crippen LogP contribution in [-0.4, -0.2) is 29.2 Å². The molecule has 1 amide bonds. The highest BCUT2D eigenvalue weighted by atomic mass is 16.6. The molecule has 0 bridgehead atoms. The first kappa shape index (κ1) is 18.8. The fraction of sp³-hybridized carbons (Fsp3) is 0.474. The van der Waals surface area contributed by atoms with E-state index >= 15 is 0 Å². The molecule has 0 saturated heterocycles. The first-order valence-corrected chi connectivity index (χ1v) is 8.58. The van der Waals surface area contributed by atoms with Gasteiger partial charge >= 0.3 is 12.1 Å². The minimum absolute atomic E-state index is 0.241. The number of unbranched alkanes of at least 4 members (excludes halogenated alkanes) is 2.